The van der Waals surface area contributed by atoms with Crippen LogP contribution in [0, 0.1) is 0 Å². The maximum atomic E-state index is 12.8. The van der Waals surface area contributed by atoms with Gasteiger partial charge in [0, 0.05) is 6.42 Å². The summed E-state index contributed by atoms with van der Waals surface area (Å²) in [4.78, 5) is 0. The van der Waals surface area contributed by atoms with Gasteiger partial charge in [0.15, 0.2) is 0 Å². The van der Waals surface area contributed by atoms with Crippen LogP contribution in [0.1, 0.15) is 13.3 Å². The number of alkyl halides is 1. The first-order valence-corrected chi connectivity index (χ1v) is 4.12. The highest BCUT2D eigenvalue weighted by Gasteiger charge is 2.56. The third kappa shape index (κ3) is 1.19. The molecule has 66 valence electrons. The van der Waals surface area contributed by atoms with Gasteiger partial charge in [0.05, 0.1) is 0 Å². The number of fused-ring (bicyclic) bond motifs is 1. The summed E-state index contributed by atoms with van der Waals surface area (Å²) in [6, 6.07) is 0. The van der Waals surface area contributed by atoms with Crippen molar-refractivity contribution < 1.29 is 13.9 Å². The van der Waals surface area contributed by atoms with Crippen molar-refractivity contribution in [1.29, 1.82) is 0 Å². The lowest BCUT2D eigenvalue weighted by molar-refractivity contribution is -0.121. The minimum Gasteiger partial charge on any atom is -0.330 e. The van der Waals surface area contributed by atoms with E-state index in [1.165, 1.54) is 0 Å². The highest BCUT2D eigenvalue weighted by molar-refractivity contribution is 5.27. The smallest absolute Gasteiger partial charge is 0.222 e. The summed E-state index contributed by atoms with van der Waals surface area (Å²) >= 11 is 0. The second-order valence-electron chi connectivity index (χ2n) is 2.94. The Morgan fingerprint density at radius 1 is 1.67 bits per heavy atom. The van der Waals surface area contributed by atoms with Gasteiger partial charge in [-0.3, -0.25) is 0 Å². The summed E-state index contributed by atoms with van der Waals surface area (Å²) < 4.78 is 23.1. The fourth-order valence-electron chi connectivity index (χ4n) is 1.24. The molecule has 1 aliphatic heterocycles. The molecule has 1 aliphatic carbocycles. The predicted octanol–water partition coefficient (Wildman–Crippen LogP) is 1.93. The van der Waals surface area contributed by atoms with Gasteiger partial charge >= 0.3 is 0 Å². The van der Waals surface area contributed by atoms with E-state index in [2.05, 4.69) is 0 Å². The standard InChI is InChI=1S/C9H11FO2/c1-2-8(10)12-9-6-4-3-5-7(9)11-9/h3-8H,2H2,1H3. The molecule has 0 aromatic heterocycles. The monoisotopic (exact) mass is 170 g/mol. The fraction of sp³-hybridized carbons (Fsp3) is 0.556. The Morgan fingerprint density at radius 2 is 2.50 bits per heavy atom. The molecule has 1 fully saturated rings. The van der Waals surface area contributed by atoms with Gasteiger partial charge < -0.3 is 9.47 Å². The number of hydrogen-bond donors (Lipinski definition) is 0. The van der Waals surface area contributed by atoms with E-state index in [0.29, 0.717) is 6.42 Å². The Bertz CT molecular complexity index is 237. The van der Waals surface area contributed by atoms with Gasteiger partial charge in [-0.25, -0.2) is 4.39 Å². The Balaban J connectivity index is 1.98. The number of rotatable bonds is 3. The molecule has 2 aliphatic rings. The van der Waals surface area contributed by atoms with Gasteiger partial charge in [0.25, 0.3) is 0 Å². The molecule has 1 saturated heterocycles. The van der Waals surface area contributed by atoms with Crippen LogP contribution in [0.2, 0.25) is 0 Å². The summed E-state index contributed by atoms with van der Waals surface area (Å²) in [7, 11) is 0. The van der Waals surface area contributed by atoms with Crippen LogP contribution in [0.3, 0.4) is 0 Å². The molecule has 2 nitrogen and oxygen atoms in total. The zero-order valence-electron chi connectivity index (χ0n) is 6.87. The quantitative estimate of drug-likeness (QED) is 0.603. The van der Waals surface area contributed by atoms with Gasteiger partial charge in [-0.05, 0) is 12.2 Å². The van der Waals surface area contributed by atoms with Crippen molar-refractivity contribution in [3.63, 3.8) is 0 Å². The minimum atomic E-state index is -1.23. The van der Waals surface area contributed by atoms with Crippen LogP contribution >= 0.6 is 0 Å². The van der Waals surface area contributed by atoms with Gasteiger partial charge in [-0.15, -0.1) is 0 Å². The predicted molar refractivity (Wildman–Crippen MR) is 42.2 cm³/mol. The van der Waals surface area contributed by atoms with E-state index in [9.17, 15) is 4.39 Å². The highest BCUT2D eigenvalue weighted by Crippen LogP contribution is 2.43. The van der Waals surface area contributed by atoms with Crippen LogP contribution < -0.4 is 0 Å². The van der Waals surface area contributed by atoms with Crippen molar-refractivity contribution in [3.8, 4) is 0 Å². The number of hydrogen-bond acceptors (Lipinski definition) is 2. The van der Waals surface area contributed by atoms with Crippen LogP contribution in [0.15, 0.2) is 24.3 Å². The average Bonchev–Trinajstić information content (AvgIpc) is 2.78. The summed E-state index contributed by atoms with van der Waals surface area (Å²) in [5.74, 6) is -0.774. The molecular weight excluding hydrogens is 159 g/mol. The van der Waals surface area contributed by atoms with Crippen molar-refractivity contribution in [3.05, 3.63) is 24.3 Å². The van der Waals surface area contributed by atoms with Gasteiger partial charge in [0.2, 0.25) is 12.1 Å². The lowest BCUT2D eigenvalue weighted by Crippen LogP contribution is -2.22. The average molecular weight is 170 g/mol. The van der Waals surface area contributed by atoms with E-state index in [0.717, 1.165) is 0 Å². The van der Waals surface area contributed by atoms with E-state index < -0.39 is 12.1 Å². The summed E-state index contributed by atoms with van der Waals surface area (Å²) in [5.41, 5.74) is 0. The SMILES string of the molecule is CCC(F)OC12C=CC=CC1O2. The molecule has 0 bridgehead atoms. The van der Waals surface area contributed by atoms with Crippen LogP contribution in [0.4, 0.5) is 4.39 Å². The maximum Gasteiger partial charge on any atom is 0.222 e. The Morgan fingerprint density at radius 3 is 3.17 bits per heavy atom. The molecule has 0 saturated carbocycles. The topological polar surface area (TPSA) is 21.8 Å². The van der Waals surface area contributed by atoms with E-state index >= 15 is 0 Å². The van der Waals surface area contributed by atoms with E-state index in [1.807, 2.05) is 18.2 Å². The van der Waals surface area contributed by atoms with E-state index in [-0.39, 0.29) is 6.10 Å². The number of allylic oxidation sites excluding steroid dienone is 2. The van der Waals surface area contributed by atoms with Crippen molar-refractivity contribution in [2.75, 3.05) is 0 Å². The van der Waals surface area contributed by atoms with Crippen molar-refractivity contribution in [2.45, 2.75) is 31.6 Å². The van der Waals surface area contributed by atoms with Crippen LogP contribution in [0.5, 0.6) is 0 Å². The number of halogens is 1. The lowest BCUT2D eigenvalue weighted by atomic mass is 10.1. The van der Waals surface area contributed by atoms with Gasteiger partial charge in [-0.2, -0.15) is 0 Å². The molecular formula is C9H11FO2. The van der Waals surface area contributed by atoms with Crippen molar-refractivity contribution in [1.82, 2.24) is 0 Å². The molecule has 1 heterocycles. The second kappa shape index (κ2) is 2.68. The maximum absolute atomic E-state index is 12.8. The Hall–Kier alpha value is -0.670. The molecule has 2 rings (SSSR count). The molecule has 3 atom stereocenters. The molecule has 0 aromatic carbocycles. The summed E-state index contributed by atoms with van der Waals surface area (Å²) in [6.45, 7) is 1.74. The van der Waals surface area contributed by atoms with Crippen LogP contribution in [0.25, 0.3) is 0 Å². The molecule has 0 N–H and O–H groups in total. The third-order valence-electron chi connectivity index (χ3n) is 2.01. The van der Waals surface area contributed by atoms with Crippen molar-refractivity contribution in [2.24, 2.45) is 0 Å². The normalized spacial score (nSPS) is 39.3. The highest BCUT2D eigenvalue weighted by atomic mass is 19.1. The van der Waals surface area contributed by atoms with E-state index in [4.69, 9.17) is 9.47 Å². The zero-order chi connectivity index (χ0) is 8.60. The van der Waals surface area contributed by atoms with Crippen molar-refractivity contribution >= 4 is 0 Å². The lowest BCUT2D eigenvalue weighted by Gasteiger charge is -2.13. The fourth-order valence-corrected chi connectivity index (χ4v) is 1.24. The van der Waals surface area contributed by atoms with E-state index in [1.54, 1.807) is 13.0 Å². The first-order chi connectivity index (χ1) is 5.77. The largest absolute Gasteiger partial charge is 0.330 e. The third-order valence-corrected chi connectivity index (χ3v) is 2.01. The van der Waals surface area contributed by atoms with Gasteiger partial charge in [0.1, 0.15) is 6.10 Å². The Labute approximate surface area is 70.7 Å². The molecule has 0 amide bonds. The molecule has 0 aromatic rings. The zero-order valence-corrected chi connectivity index (χ0v) is 6.87. The summed E-state index contributed by atoms with van der Waals surface area (Å²) in [6.07, 6.45) is 6.35. The summed E-state index contributed by atoms with van der Waals surface area (Å²) in [5, 5.41) is 0. The minimum absolute atomic E-state index is 0.0766. The number of epoxide rings is 1. The molecule has 0 radical (unpaired) electrons. The first-order valence-electron chi connectivity index (χ1n) is 4.12. The molecule has 3 heteroatoms. The Kier molecular flexibility index (Phi) is 1.77. The van der Waals surface area contributed by atoms with Crippen LogP contribution in [-0.2, 0) is 9.47 Å². The molecule has 12 heavy (non-hydrogen) atoms. The van der Waals surface area contributed by atoms with Crippen LogP contribution in [-0.4, -0.2) is 18.2 Å². The second-order valence-corrected chi connectivity index (χ2v) is 2.94. The van der Waals surface area contributed by atoms with Gasteiger partial charge in [-0.1, -0.05) is 19.1 Å². The molecule has 3 unspecified atom stereocenters. The number of ether oxygens (including phenoxy) is 2. The molecule has 0 spiro atoms. The first kappa shape index (κ1) is 7.95.